The van der Waals surface area contributed by atoms with E-state index in [0.717, 1.165) is 12.1 Å². The van der Waals surface area contributed by atoms with Gasteiger partial charge in [0.1, 0.15) is 12.3 Å². The fraction of sp³-hybridized carbons (Fsp3) is 0.556. The molecule has 132 valence electrons. The van der Waals surface area contributed by atoms with Gasteiger partial charge in [-0.3, -0.25) is 14.5 Å². The summed E-state index contributed by atoms with van der Waals surface area (Å²) >= 11 is 0. The van der Waals surface area contributed by atoms with Crippen LogP contribution in [-0.4, -0.2) is 52.2 Å². The minimum atomic E-state index is -0.193. The highest BCUT2D eigenvalue weighted by atomic mass is 16.5. The quantitative estimate of drug-likeness (QED) is 0.795. The molecule has 0 bridgehead atoms. The lowest BCUT2D eigenvalue weighted by molar-refractivity contribution is -0.856. The molecule has 0 radical (unpaired) electrons. The Kier molecular flexibility index (Phi) is 5.49. The number of carbonyl (C=O) groups excluding carboxylic acids is 2. The maximum absolute atomic E-state index is 12.3. The van der Waals surface area contributed by atoms with E-state index in [9.17, 15) is 9.59 Å². The summed E-state index contributed by atoms with van der Waals surface area (Å²) in [7, 11) is 4.06. The lowest BCUT2D eigenvalue weighted by atomic mass is 9.86. The molecule has 0 saturated heterocycles. The Morgan fingerprint density at radius 2 is 2.04 bits per heavy atom. The Bertz CT molecular complexity index is 620. The number of nitrogens with one attached hydrogen (secondary N) is 2. The summed E-state index contributed by atoms with van der Waals surface area (Å²) in [4.78, 5) is 27.2. The molecule has 24 heavy (non-hydrogen) atoms. The predicted octanol–water partition coefficient (Wildman–Crippen LogP) is -0.0298. The van der Waals surface area contributed by atoms with Crippen molar-refractivity contribution in [3.05, 3.63) is 23.8 Å². The molecule has 2 rings (SSSR count). The Morgan fingerprint density at radius 3 is 2.67 bits per heavy atom. The Balaban J connectivity index is 2.16. The van der Waals surface area contributed by atoms with Crippen LogP contribution in [0, 0.1) is 0 Å². The normalized spacial score (nSPS) is 14.4. The number of carbonyl (C=O) groups is 2. The van der Waals surface area contributed by atoms with Crippen LogP contribution in [0.4, 0.5) is 5.69 Å². The van der Waals surface area contributed by atoms with Crippen LogP contribution in [0.5, 0.6) is 5.75 Å². The first-order valence-corrected chi connectivity index (χ1v) is 8.32. The zero-order valence-electron chi connectivity index (χ0n) is 15.2. The summed E-state index contributed by atoms with van der Waals surface area (Å²) in [5.41, 5.74) is 1.73. The second kappa shape index (κ2) is 7.21. The van der Waals surface area contributed by atoms with Crippen molar-refractivity contribution in [3.63, 3.8) is 0 Å². The summed E-state index contributed by atoms with van der Waals surface area (Å²) in [5, 5.41) is 2.86. The highest BCUT2D eigenvalue weighted by molar-refractivity contribution is 6.02. The number of fused-ring (bicyclic) bond motifs is 1. The van der Waals surface area contributed by atoms with E-state index in [4.69, 9.17) is 4.74 Å². The van der Waals surface area contributed by atoms with Crippen molar-refractivity contribution in [2.24, 2.45) is 0 Å². The largest absolute Gasteiger partial charge is 0.482 e. The van der Waals surface area contributed by atoms with Gasteiger partial charge < -0.3 is 15.0 Å². The van der Waals surface area contributed by atoms with Gasteiger partial charge in [-0.2, -0.15) is 0 Å². The van der Waals surface area contributed by atoms with E-state index in [1.807, 2.05) is 32.3 Å². The van der Waals surface area contributed by atoms with Gasteiger partial charge in [0, 0.05) is 0 Å². The number of ether oxygens (including phenoxy) is 1. The number of hydrogen-bond donors (Lipinski definition) is 2. The summed E-state index contributed by atoms with van der Waals surface area (Å²) in [6.45, 7) is 7.76. The topological polar surface area (TPSA) is 63.1 Å². The van der Waals surface area contributed by atoms with Gasteiger partial charge in [0.2, 0.25) is 5.91 Å². The molecular formula is C18H28N3O3+. The van der Waals surface area contributed by atoms with Gasteiger partial charge in [-0.05, 0) is 23.1 Å². The van der Waals surface area contributed by atoms with Crippen LogP contribution >= 0.6 is 0 Å². The van der Waals surface area contributed by atoms with Crippen molar-refractivity contribution in [1.82, 2.24) is 5.32 Å². The molecule has 1 aromatic carbocycles. The van der Waals surface area contributed by atoms with Crippen molar-refractivity contribution in [3.8, 4) is 5.75 Å². The van der Waals surface area contributed by atoms with E-state index in [0.29, 0.717) is 18.0 Å². The molecule has 0 unspecified atom stereocenters. The molecule has 1 heterocycles. The van der Waals surface area contributed by atoms with E-state index in [1.54, 1.807) is 0 Å². The number of nitrogens with zero attached hydrogens (tertiary/aromatic N) is 1. The first-order chi connectivity index (χ1) is 11.2. The van der Waals surface area contributed by atoms with Crippen molar-refractivity contribution >= 4 is 17.5 Å². The third-order valence-corrected chi connectivity index (χ3v) is 4.02. The third-order valence-electron chi connectivity index (χ3n) is 4.02. The number of benzene rings is 1. The highest BCUT2D eigenvalue weighted by Gasteiger charge is 2.28. The van der Waals surface area contributed by atoms with Gasteiger partial charge in [0.15, 0.2) is 6.61 Å². The Hall–Kier alpha value is -2.08. The summed E-state index contributed by atoms with van der Waals surface area (Å²) in [6, 6.07) is 5.83. The Morgan fingerprint density at radius 1 is 1.33 bits per heavy atom. The van der Waals surface area contributed by atoms with Crippen molar-refractivity contribution in [2.75, 3.05) is 45.2 Å². The molecule has 0 atom stereocenters. The minimum Gasteiger partial charge on any atom is -0.482 e. The third kappa shape index (κ3) is 4.47. The lowest BCUT2D eigenvalue weighted by Crippen LogP contribution is -3.06. The van der Waals surface area contributed by atoms with Crippen molar-refractivity contribution < 1.29 is 19.2 Å². The van der Waals surface area contributed by atoms with E-state index >= 15 is 0 Å². The van der Waals surface area contributed by atoms with E-state index < -0.39 is 0 Å². The van der Waals surface area contributed by atoms with Gasteiger partial charge in [-0.15, -0.1) is 0 Å². The van der Waals surface area contributed by atoms with E-state index in [1.165, 1.54) is 9.80 Å². The molecule has 1 aliphatic heterocycles. The van der Waals surface area contributed by atoms with Crippen molar-refractivity contribution in [2.45, 2.75) is 26.2 Å². The average Bonchev–Trinajstić information content (AvgIpc) is 2.48. The number of hydrogen-bond acceptors (Lipinski definition) is 3. The van der Waals surface area contributed by atoms with Crippen molar-refractivity contribution in [1.29, 1.82) is 0 Å². The monoisotopic (exact) mass is 334 g/mol. The van der Waals surface area contributed by atoms with Crippen LogP contribution < -0.4 is 19.9 Å². The number of amides is 2. The van der Waals surface area contributed by atoms with Gasteiger partial charge in [0.25, 0.3) is 5.91 Å². The van der Waals surface area contributed by atoms with E-state index in [2.05, 4.69) is 26.1 Å². The second-order valence-electron chi connectivity index (χ2n) is 7.51. The maximum atomic E-state index is 12.3. The molecule has 1 aromatic rings. The molecule has 0 saturated carbocycles. The Labute approximate surface area is 143 Å². The number of likely N-dealkylation sites (N-methyl/N-ethyl adjacent to an activating group) is 1. The standard InChI is InChI=1S/C18H27N3O3/c1-18(2,3)13-6-7-15-14(10-13)21(17(23)12-24-15)11-16(22)19-8-9-20(4)5/h6-7,10H,8-9,11-12H2,1-5H3,(H,19,22)/p+1. The average molecular weight is 334 g/mol. The molecule has 6 heteroatoms. The van der Waals surface area contributed by atoms with Crippen LogP contribution in [0.3, 0.4) is 0 Å². The minimum absolute atomic E-state index is 0.0194. The molecule has 2 amide bonds. The first-order valence-electron chi connectivity index (χ1n) is 8.32. The van der Waals surface area contributed by atoms with Gasteiger partial charge in [-0.25, -0.2) is 0 Å². The molecule has 1 aliphatic rings. The fourth-order valence-electron chi connectivity index (χ4n) is 2.49. The van der Waals surface area contributed by atoms with Crippen LogP contribution in [-0.2, 0) is 15.0 Å². The summed E-state index contributed by atoms with van der Waals surface area (Å²) in [5.74, 6) is 0.300. The fourth-order valence-corrected chi connectivity index (χ4v) is 2.49. The van der Waals surface area contributed by atoms with Gasteiger partial charge >= 0.3 is 0 Å². The van der Waals surface area contributed by atoms with Crippen LogP contribution in [0.25, 0.3) is 0 Å². The molecular weight excluding hydrogens is 306 g/mol. The summed E-state index contributed by atoms with van der Waals surface area (Å²) in [6.07, 6.45) is 0. The molecule has 0 spiro atoms. The lowest BCUT2D eigenvalue weighted by Gasteiger charge is -2.31. The smallest absolute Gasteiger partial charge is 0.265 e. The number of quaternary nitrogens is 1. The molecule has 0 fully saturated rings. The maximum Gasteiger partial charge on any atom is 0.265 e. The SMILES string of the molecule is C[NH+](C)CCNC(=O)CN1C(=O)COc2ccc(C(C)(C)C)cc21. The van der Waals surface area contributed by atoms with Gasteiger partial charge in [0.05, 0.1) is 32.9 Å². The second-order valence-corrected chi connectivity index (χ2v) is 7.51. The molecule has 0 aliphatic carbocycles. The van der Waals surface area contributed by atoms with E-state index in [-0.39, 0.29) is 30.4 Å². The number of anilines is 1. The zero-order valence-corrected chi connectivity index (χ0v) is 15.2. The number of rotatable bonds is 5. The zero-order chi connectivity index (χ0) is 17.9. The van der Waals surface area contributed by atoms with Gasteiger partial charge in [-0.1, -0.05) is 26.8 Å². The summed E-state index contributed by atoms with van der Waals surface area (Å²) < 4.78 is 5.50. The predicted molar refractivity (Wildman–Crippen MR) is 93.7 cm³/mol. The van der Waals surface area contributed by atoms with Crippen LogP contribution in [0.1, 0.15) is 26.3 Å². The first kappa shape index (κ1) is 18.3. The molecule has 6 nitrogen and oxygen atoms in total. The highest BCUT2D eigenvalue weighted by Crippen LogP contribution is 2.36. The van der Waals surface area contributed by atoms with Crippen LogP contribution in [0.15, 0.2) is 18.2 Å². The molecule has 0 aromatic heterocycles. The van der Waals surface area contributed by atoms with Crippen LogP contribution in [0.2, 0.25) is 0 Å². The molecule has 2 N–H and O–H groups in total.